The number of imidazole rings is 1. The van der Waals surface area contributed by atoms with Crippen molar-refractivity contribution in [3.05, 3.63) is 36.3 Å². The average molecular weight is 446 g/mol. The van der Waals surface area contributed by atoms with Crippen molar-refractivity contribution in [3.63, 3.8) is 0 Å². The van der Waals surface area contributed by atoms with Crippen LogP contribution in [0, 0.1) is 11.7 Å². The normalized spacial score (nSPS) is 15.2. The molecule has 4 rings (SSSR count). The van der Waals surface area contributed by atoms with Crippen molar-refractivity contribution in [3.8, 4) is 11.3 Å². The van der Waals surface area contributed by atoms with Gasteiger partial charge in [-0.2, -0.15) is 0 Å². The Morgan fingerprint density at radius 3 is 2.71 bits per heavy atom. The van der Waals surface area contributed by atoms with Crippen LogP contribution in [0.1, 0.15) is 33.1 Å². The van der Waals surface area contributed by atoms with Gasteiger partial charge in [-0.15, -0.1) is 5.10 Å². The Hall–Kier alpha value is -2.52. The van der Waals surface area contributed by atoms with Gasteiger partial charge in [0.25, 0.3) is 0 Å². The molecule has 3 aromatic rings. The summed E-state index contributed by atoms with van der Waals surface area (Å²) in [6.45, 7) is 6.96. The summed E-state index contributed by atoms with van der Waals surface area (Å²) in [5.74, 6) is -0.0686. The van der Waals surface area contributed by atoms with Crippen LogP contribution in [0.5, 0.6) is 0 Å². The summed E-state index contributed by atoms with van der Waals surface area (Å²) >= 11 is 1.53. The minimum Gasteiger partial charge on any atom is -0.379 e. The van der Waals surface area contributed by atoms with Crippen LogP contribution in [0.3, 0.4) is 0 Å². The number of ether oxygens (including phenoxy) is 1. The Kier molecular flexibility index (Phi) is 6.82. The zero-order valence-corrected chi connectivity index (χ0v) is 18.7. The summed E-state index contributed by atoms with van der Waals surface area (Å²) in [5.41, 5.74) is 1.64. The van der Waals surface area contributed by atoms with Crippen molar-refractivity contribution < 1.29 is 13.9 Å². The number of carbonyl (C=O) groups excluding carboxylic acids is 1. The molecule has 1 aliphatic rings. The zero-order chi connectivity index (χ0) is 21.8. The van der Waals surface area contributed by atoms with Gasteiger partial charge in [-0.3, -0.25) is 4.79 Å². The van der Waals surface area contributed by atoms with Crippen LogP contribution in [0.25, 0.3) is 16.2 Å². The van der Waals surface area contributed by atoms with Gasteiger partial charge >= 0.3 is 0 Å². The van der Waals surface area contributed by atoms with E-state index in [4.69, 9.17) is 4.74 Å². The van der Waals surface area contributed by atoms with E-state index < -0.39 is 0 Å². The lowest BCUT2D eigenvalue weighted by molar-refractivity contribution is -0.125. The third kappa shape index (κ3) is 5.40. The van der Waals surface area contributed by atoms with Crippen LogP contribution in [0.4, 0.5) is 9.52 Å². The first-order chi connectivity index (χ1) is 15.0. The van der Waals surface area contributed by atoms with Gasteiger partial charge < -0.3 is 15.0 Å². The van der Waals surface area contributed by atoms with Gasteiger partial charge in [0.1, 0.15) is 5.82 Å². The highest BCUT2D eigenvalue weighted by atomic mass is 32.1. The number of halogens is 1. The number of rotatable bonds is 8. The molecule has 0 atom stereocenters. The van der Waals surface area contributed by atoms with Crippen molar-refractivity contribution in [2.75, 3.05) is 31.1 Å². The number of carbonyl (C=O) groups is 1. The molecule has 0 unspecified atom stereocenters. The minimum atomic E-state index is -0.262. The van der Waals surface area contributed by atoms with E-state index in [0.29, 0.717) is 13.2 Å². The van der Waals surface area contributed by atoms with Crippen LogP contribution in [-0.4, -0.2) is 52.9 Å². The first kappa shape index (κ1) is 21.7. The summed E-state index contributed by atoms with van der Waals surface area (Å²) in [4.78, 5) is 20.1. The number of benzene rings is 1. The standard InChI is InChI=1S/C22H28FN5O2S/c1-15(2)30-13-3-10-24-20(29)17-8-11-27(12-9-17)22-26-28-14-19(25-21(28)31-22)16-4-6-18(23)7-5-16/h4-7,14-15,17H,3,8-13H2,1-2H3,(H,24,29). The molecule has 0 radical (unpaired) electrons. The van der Waals surface area contributed by atoms with E-state index in [1.165, 1.54) is 23.5 Å². The molecular weight excluding hydrogens is 417 g/mol. The lowest BCUT2D eigenvalue weighted by atomic mass is 9.96. The van der Waals surface area contributed by atoms with Gasteiger partial charge in [-0.25, -0.2) is 13.9 Å². The van der Waals surface area contributed by atoms with Crippen molar-refractivity contribution in [2.45, 2.75) is 39.2 Å². The van der Waals surface area contributed by atoms with E-state index in [1.807, 2.05) is 20.0 Å². The monoisotopic (exact) mass is 445 g/mol. The molecule has 1 aromatic carbocycles. The van der Waals surface area contributed by atoms with Gasteiger partial charge in [0.05, 0.1) is 18.0 Å². The molecule has 7 nitrogen and oxygen atoms in total. The maximum absolute atomic E-state index is 13.1. The smallest absolute Gasteiger partial charge is 0.223 e. The Morgan fingerprint density at radius 1 is 1.29 bits per heavy atom. The van der Waals surface area contributed by atoms with E-state index in [-0.39, 0.29) is 23.7 Å². The molecule has 31 heavy (non-hydrogen) atoms. The SMILES string of the molecule is CC(C)OCCCNC(=O)C1CCN(c2nn3cc(-c4ccc(F)cc4)nc3s2)CC1. The predicted octanol–water partition coefficient (Wildman–Crippen LogP) is 3.74. The fourth-order valence-electron chi connectivity index (χ4n) is 3.66. The van der Waals surface area contributed by atoms with E-state index in [9.17, 15) is 9.18 Å². The number of anilines is 1. The maximum atomic E-state index is 13.1. The molecule has 1 amide bonds. The second-order valence-electron chi connectivity index (χ2n) is 8.07. The highest BCUT2D eigenvalue weighted by Crippen LogP contribution is 2.29. The molecular formula is C22H28FN5O2S. The molecule has 0 aliphatic carbocycles. The van der Waals surface area contributed by atoms with Gasteiger partial charge in [0.2, 0.25) is 16.0 Å². The zero-order valence-electron chi connectivity index (χ0n) is 17.9. The quantitative estimate of drug-likeness (QED) is 0.535. The first-order valence-electron chi connectivity index (χ1n) is 10.8. The molecule has 2 aromatic heterocycles. The summed E-state index contributed by atoms with van der Waals surface area (Å²) < 4.78 is 20.4. The lowest BCUT2D eigenvalue weighted by Gasteiger charge is -2.30. The maximum Gasteiger partial charge on any atom is 0.223 e. The number of hydrogen-bond acceptors (Lipinski definition) is 6. The topological polar surface area (TPSA) is 71.8 Å². The third-order valence-corrected chi connectivity index (χ3v) is 6.36. The summed E-state index contributed by atoms with van der Waals surface area (Å²) in [7, 11) is 0. The third-order valence-electron chi connectivity index (χ3n) is 5.38. The van der Waals surface area contributed by atoms with Crippen molar-refractivity contribution in [2.24, 2.45) is 5.92 Å². The first-order valence-corrected chi connectivity index (χ1v) is 11.6. The number of piperidine rings is 1. The van der Waals surface area contributed by atoms with Gasteiger partial charge in [0.15, 0.2) is 0 Å². The van der Waals surface area contributed by atoms with Crippen LogP contribution >= 0.6 is 11.3 Å². The highest BCUT2D eigenvalue weighted by molar-refractivity contribution is 7.20. The number of amides is 1. The molecule has 1 aliphatic heterocycles. The number of fused-ring (bicyclic) bond motifs is 1. The Labute approximate surface area is 185 Å². The van der Waals surface area contributed by atoms with Gasteiger partial charge in [-0.1, -0.05) is 11.3 Å². The van der Waals surface area contributed by atoms with Crippen LogP contribution in [-0.2, 0) is 9.53 Å². The molecule has 0 saturated carbocycles. The molecule has 0 bridgehead atoms. The predicted molar refractivity (Wildman–Crippen MR) is 120 cm³/mol. The fourth-order valence-corrected chi connectivity index (χ4v) is 4.59. The lowest BCUT2D eigenvalue weighted by Crippen LogP contribution is -2.41. The van der Waals surface area contributed by atoms with Crippen molar-refractivity contribution >= 4 is 27.3 Å². The Bertz CT molecular complexity index is 977. The Balaban J connectivity index is 1.28. The van der Waals surface area contributed by atoms with E-state index in [0.717, 1.165) is 53.7 Å². The average Bonchev–Trinajstić information content (AvgIpc) is 3.33. The number of nitrogens with zero attached hydrogens (tertiary/aromatic N) is 4. The summed E-state index contributed by atoms with van der Waals surface area (Å²) in [5, 5.41) is 8.61. The molecule has 9 heteroatoms. The number of hydrogen-bond donors (Lipinski definition) is 1. The van der Waals surface area contributed by atoms with Crippen LogP contribution < -0.4 is 10.2 Å². The van der Waals surface area contributed by atoms with E-state index in [1.54, 1.807) is 16.6 Å². The molecule has 1 N–H and O–H groups in total. The second-order valence-corrected chi connectivity index (χ2v) is 9.00. The minimum absolute atomic E-state index is 0.0522. The highest BCUT2D eigenvalue weighted by Gasteiger charge is 2.26. The second kappa shape index (κ2) is 9.74. The molecule has 1 fully saturated rings. The molecule has 1 saturated heterocycles. The van der Waals surface area contributed by atoms with Crippen LogP contribution in [0.2, 0.25) is 0 Å². The van der Waals surface area contributed by atoms with Crippen molar-refractivity contribution in [1.82, 2.24) is 19.9 Å². The number of aromatic nitrogens is 3. The van der Waals surface area contributed by atoms with Gasteiger partial charge in [0, 0.05) is 37.7 Å². The largest absolute Gasteiger partial charge is 0.379 e. The molecule has 3 heterocycles. The van der Waals surface area contributed by atoms with Crippen molar-refractivity contribution in [1.29, 1.82) is 0 Å². The van der Waals surface area contributed by atoms with E-state index >= 15 is 0 Å². The van der Waals surface area contributed by atoms with E-state index in [2.05, 4.69) is 20.3 Å². The Morgan fingerprint density at radius 2 is 2.03 bits per heavy atom. The van der Waals surface area contributed by atoms with Crippen LogP contribution in [0.15, 0.2) is 30.5 Å². The summed E-state index contributed by atoms with van der Waals surface area (Å²) in [6.07, 6.45) is 4.56. The fraction of sp³-hybridized carbons (Fsp3) is 0.500. The molecule has 0 spiro atoms. The summed E-state index contributed by atoms with van der Waals surface area (Å²) in [6, 6.07) is 6.30. The molecule has 166 valence electrons. The number of nitrogens with one attached hydrogen (secondary N) is 1. The van der Waals surface area contributed by atoms with Gasteiger partial charge in [-0.05, 0) is 57.4 Å².